The fourth-order valence-corrected chi connectivity index (χ4v) is 2.11. The Hall–Kier alpha value is -0.0400. The van der Waals surface area contributed by atoms with Crippen molar-refractivity contribution in [3.05, 3.63) is 0 Å². The normalized spacial score (nSPS) is 19.4. The van der Waals surface area contributed by atoms with E-state index >= 15 is 0 Å². The van der Waals surface area contributed by atoms with Gasteiger partial charge in [-0.1, -0.05) is 39.5 Å². The highest BCUT2D eigenvalue weighted by Gasteiger charge is 2.25. The Morgan fingerprint density at radius 2 is 1.85 bits per heavy atom. The zero-order valence-electron chi connectivity index (χ0n) is 9.47. The molecule has 1 N–H and O–H groups in total. The Morgan fingerprint density at radius 3 is 2.23 bits per heavy atom. The predicted molar refractivity (Wildman–Crippen MR) is 58.9 cm³/mol. The Morgan fingerprint density at radius 1 is 1.23 bits per heavy atom. The van der Waals surface area contributed by atoms with Crippen molar-refractivity contribution in [2.45, 2.75) is 58.4 Å². The third kappa shape index (κ3) is 4.12. The van der Waals surface area contributed by atoms with Crippen molar-refractivity contribution in [3.8, 4) is 0 Å². The third-order valence-electron chi connectivity index (χ3n) is 3.50. The highest BCUT2D eigenvalue weighted by atomic mass is 14.9. The molecule has 78 valence electrons. The fraction of sp³-hybridized carbons (Fsp3) is 1.00. The molecular formula is C12H25N. The van der Waals surface area contributed by atoms with E-state index in [1.54, 1.807) is 0 Å². The molecule has 13 heavy (non-hydrogen) atoms. The lowest BCUT2D eigenvalue weighted by molar-refractivity contribution is 0.356. The maximum atomic E-state index is 3.47. The molecule has 1 heteroatoms. The first-order valence-electron chi connectivity index (χ1n) is 5.97. The van der Waals surface area contributed by atoms with Gasteiger partial charge in [0.05, 0.1) is 0 Å². The molecule has 0 aromatic carbocycles. The van der Waals surface area contributed by atoms with Gasteiger partial charge in [0.15, 0.2) is 0 Å². The molecule has 0 spiro atoms. The first-order valence-corrected chi connectivity index (χ1v) is 5.97. The van der Waals surface area contributed by atoms with Crippen molar-refractivity contribution in [1.29, 1.82) is 0 Å². The number of hydrogen-bond acceptors (Lipinski definition) is 1. The van der Waals surface area contributed by atoms with E-state index in [2.05, 4.69) is 26.2 Å². The lowest BCUT2D eigenvalue weighted by Crippen LogP contribution is -2.28. The molecule has 1 saturated carbocycles. The van der Waals surface area contributed by atoms with Crippen molar-refractivity contribution in [2.75, 3.05) is 7.05 Å². The van der Waals surface area contributed by atoms with E-state index in [1.807, 2.05) is 0 Å². The summed E-state index contributed by atoms with van der Waals surface area (Å²) in [7, 11) is 2.12. The minimum Gasteiger partial charge on any atom is -0.317 e. The summed E-state index contributed by atoms with van der Waals surface area (Å²) in [6.07, 6.45) is 8.48. The van der Waals surface area contributed by atoms with Crippen LogP contribution < -0.4 is 5.32 Å². The average Bonchev–Trinajstić information content (AvgIpc) is 2.95. The summed E-state index contributed by atoms with van der Waals surface area (Å²) in [4.78, 5) is 0. The molecule has 1 fully saturated rings. The van der Waals surface area contributed by atoms with Crippen LogP contribution in [0.4, 0.5) is 0 Å². The number of hydrogen-bond donors (Lipinski definition) is 1. The molecule has 1 aliphatic rings. The van der Waals surface area contributed by atoms with Gasteiger partial charge in [-0.15, -0.1) is 0 Å². The predicted octanol–water partition coefficient (Wildman–Crippen LogP) is 3.20. The van der Waals surface area contributed by atoms with E-state index in [9.17, 15) is 0 Å². The van der Waals surface area contributed by atoms with Crippen LogP contribution in [0.1, 0.15) is 52.4 Å². The third-order valence-corrected chi connectivity index (χ3v) is 3.50. The van der Waals surface area contributed by atoms with Crippen molar-refractivity contribution >= 4 is 0 Å². The molecule has 1 atom stereocenters. The first-order chi connectivity index (χ1) is 6.30. The van der Waals surface area contributed by atoms with E-state index in [1.165, 1.54) is 38.5 Å². The summed E-state index contributed by atoms with van der Waals surface area (Å²) >= 11 is 0. The first kappa shape index (κ1) is 11.0. The number of nitrogens with one attached hydrogen (secondary N) is 1. The van der Waals surface area contributed by atoms with Gasteiger partial charge in [0.25, 0.3) is 0 Å². The van der Waals surface area contributed by atoms with Crippen LogP contribution in [0.25, 0.3) is 0 Å². The Bertz CT molecular complexity index is 125. The molecule has 0 amide bonds. The summed E-state index contributed by atoms with van der Waals surface area (Å²) < 4.78 is 0. The van der Waals surface area contributed by atoms with E-state index in [-0.39, 0.29) is 0 Å². The SMILES string of the molecule is CCC(CC)CC(CC1CC1)NC. The maximum Gasteiger partial charge on any atom is 0.00693 e. The van der Waals surface area contributed by atoms with Crippen LogP contribution in [0, 0.1) is 11.8 Å². The quantitative estimate of drug-likeness (QED) is 0.639. The van der Waals surface area contributed by atoms with Gasteiger partial charge in [-0.3, -0.25) is 0 Å². The summed E-state index contributed by atoms with van der Waals surface area (Å²) in [6, 6.07) is 0.789. The molecule has 1 unspecified atom stereocenters. The van der Waals surface area contributed by atoms with Crippen LogP contribution in [0.5, 0.6) is 0 Å². The zero-order valence-corrected chi connectivity index (χ0v) is 9.47. The van der Waals surface area contributed by atoms with E-state index in [0.29, 0.717) is 0 Å². The second-order valence-corrected chi connectivity index (χ2v) is 4.58. The topological polar surface area (TPSA) is 12.0 Å². The molecule has 0 aliphatic heterocycles. The molecule has 0 bridgehead atoms. The van der Waals surface area contributed by atoms with Crippen molar-refractivity contribution in [1.82, 2.24) is 5.32 Å². The average molecular weight is 183 g/mol. The van der Waals surface area contributed by atoms with Crippen LogP contribution in [-0.2, 0) is 0 Å². The number of rotatable bonds is 7. The van der Waals surface area contributed by atoms with E-state index in [4.69, 9.17) is 0 Å². The molecule has 1 rings (SSSR count). The molecule has 0 radical (unpaired) electrons. The highest BCUT2D eigenvalue weighted by Crippen LogP contribution is 2.34. The smallest absolute Gasteiger partial charge is 0.00693 e. The molecule has 0 aromatic heterocycles. The summed E-state index contributed by atoms with van der Waals surface area (Å²) in [5, 5.41) is 3.47. The molecular weight excluding hydrogens is 158 g/mol. The van der Waals surface area contributed by atoms with Gasteiger partial charge in [0.1, 0.15) is 0 Å². The largest absolute Gasteiger partial charge is 0.317 e. The van der Waals surface area contributed by atoms with Crippen LogP contribution in [0.15, 0.2) is 0 Å². The van der Waals surface area contributed by atoms with Gasteiger partial charge in [0.2, 0.25) is 0 Å². The Balaban J connectivity index is 2.19. The van der Waals surface area contributed by atoms with Crippen molar-refractivity contribution in [2.24, 2.45) is 11.8 Å². The van der Waals surface area contributed by atoms with Crippen molar-refractivity contribution < 1.29 is 0 Å². The summed E-state index contributed by atoms with van der Waals surface area (Å²) in [5.41, 5.74) is 0. The molecule has 1 nitrogen and oxygen atoms in total. The monoisotopic (exact) mass is 183 g/mol. The zero-order chi connectivity index (χ0) is 9.68. The minimum absolute atomic E-state index is 0.789. The standard InChI is InChI=1S/C12H25N/c1-4-10(5-2)8-12(13-3)9-11-6-7-11/h10-13H,4-9H2,1-3H3. The lowest BCUT2D eigenvalue weighted by atomic mass is 9.92. The van der Waals surface area contributed by atoms with Gasteiger partial charge < -0.3 is 5.32 Å². The van der Waals surface area contributed by atoms with E-state index in [0.717, 1.165) is 17.9 Å². The second kappa shape index (κ2) is 5.64. The maximum absolute atomic E-state index is 3.47. The molecule has 0 heterocycles. The lowest BCUT2D eigenvalue weighted by Gasteiger charge is -2.21. The van der Waals surface area contributed by atoms with Gasteiger partial charge in [-0.2, -0.15) is 0 Å². The molecule has 0 aromatic rings. The van der Waals surface area contributed by atoms with Crippen LogP contribution in [0.2, 0.25) is 0 Å². The van der Waals surface area contributed by atoms with Gasteiger partial charge in [-0.05, 0) is 31.7 Å². The van der Waals surface area contributed by atoms with Gasteiger partial charge >= 0.3 is 0 Å². The van der Waals surface area contributed by atoms with Gasteiger partial charge in [-0.25, -0.2) is 0 Å². The summed E-state index contributed by atoms with van der Waals surface area (Å²) in [5.74, 6) is 2.00. The van der Waals surface area contributed by atoms with Crippen molar-refractivity contribution in [3.63, 3.8) is 0 Å². The van der Waals surface area contributed by atoms with E-state index < -0.39 is 0 Å². The second-order valence-electron chi connectivity index (χ2n) is 4.58. The fourth-order valence-electron chi connectivity index (χ4n) is 2.11. The molecule has 0 saturated heterocycles. The van der Waals surface area contributed by atoms with Crippen LogP contribution in [-0.4, -0.2) is 13.1 Å². The summed E-state index contributed by atoms with van der Waals surface area (Å²) in [6.45, 7) is 4.63. The Labute approximate surface area is 83.3 Å². The van der Waals surface area contributed by atoms with Gasteiger partial charge in [0, 0.05) is 6.04 Å². The van der Waals surface area contributed by atoms with Crippen LogP contribution in [0.3, 0.4) is 0 Å². The highest BCUT2D eigenvalue weighted by molar-refractivity contribution is 4.80. The molecule has 1 aliphatic carbocycles. The Kier molecular flexibility index (Phi) is 4.79. The van der Waals surface area contributed by atoms with Crippen LogP contribution >= 0.6 is 0 Å². The minimum atomic E-state index is 0.789.